The highest BCUT2D eigenvalue weighted by Gasteiger charge is 2.16. The Bertz CT molecular complexity index is 2520. The standard InChI is InChI=1S/C38H24N2/c1-3-11-28-24(8-1)10-7-14-29(28)26-16-19-27(20-17-26)40-36-15-6-5-13-31(36)32-22-33-35(23-37(32)40)39-34-21-18-25-9-2-4-12-30(25)38(33)34/h1-23,39H/i16D,17D. The van der Waals surface area contributed by atoms with Crippen molar-refractivity contribution in [2.45, 2.75) is 0 Å². The second-order valence-electron chi connectivity index (χ2n) is 10.5. The molecule has 0 fully saturated rings. The monoisotopic (exact) mass is 510 g/mol. The SMILES string of the molecule is [2H]c1cc(-n2c3ccccc3c3cc4c(cc32)[nH]c2ccc3ccccc3c24)cc([2H])c1-c1cccc2ccccc12. The van der Waals surface area contributed by atoms with Crippen molar-refractivity contribution in [3.05, 3.63) is 139 Å². The zero-order valence-electron chi connectivity index (χ0n) is 23.6. The van der Waals surface area contributed by atoms with Crippen molar-refractivity contribution < 1.29 is 2.74 Å². The van der Waals surface area contributed by atoms with Crippen LogP contribution in [0.4, 0.5) is 0 Å². The molecule has 0 radical (unpaired) electrons. The van der Waals surface area contributed by atoms with Crippen molar-refractivity contribution in [2.24, 2.45) is 0 Å². The summed E-state index contributed by atoms with van der Waals surface area (Å²) in [6, 6.07) is 44.6. The lowest BCUT2D eigenvalue weighted by molar-refractivity contribution is 1.18. The van der Waals surface area contributed by atoms with Gasteiger partial charge < -0.3 is 9.55 Å². The smallest absolute Gasteiger partial charge is 0.0630 e. The number of rotatable bonds is 2. The molecule has 1 N–H and O–H groups in total. The van der Waals surface area contributed by atoms with E-state index >= 15 is 0 Å². The summed E-state index contributed by atoms with van der Waals surface area (Å²) >= 11 is 0. The fraction of sp³-hybridized carbons (Fsp3) is 0. The fourth-order valence-electron chi connectivity index (χ4n) is 6.52. The van der Waals surface area contributed by atoms with Crippen LogP contribution < -0.4 is 0 Å². The van der Waals surface area contributed by atoms with E-state index in [0.29, 0.717) is 17.6 Å². The van der Waals surface area contributed by atoms with Gasteiger partial charge in [-0.05, 0) is 69.1 Å². The number of hydrogen-bond donors (Lipinski definition) is 1. The Hall–Kier alpha value is -5.34. The summed E-state index contributed by atoms with van der Waals surface area (Å²) in [5.74, 6) is 0. The minimum absolute atomic E-state index is 0.345. The molecule has 40 heavy (non-hydrogen) atoms. The molecule has 0 aliphatic heterocycles. The van der Waals surface area contributed by atoms with Crippen LogP contribution in [0.5, 0.6) is 0 Å². The van der Waals surface area contributed by atoms with Gasteiger partial charge in [-0.2, -0.15) is 0 Å². The number of aromatic amines is 1. The minimum atomic E-state index is 0.345. The van der Waals surface area contributed by atoms with E-state index in [0.717, 1.165) is 54.9 Å². The van der Waals surface area contributed by atoms with Crippen molar-refractivity contribution in [3.8, 4) is 16.8 Å². The van der Waals surface area contributed by atoms with Crippen molar-refractivity contribution in [2.75, 3.05) is 0 Å². The van der Waals surface area contributed by atoms with Crippen molar-refractivity contribution >= 4 is 65.2 Å². The molecule has 2 nitrogen and oxygen atoms in total. The summed E-state index contributed by atoms with van der Waals surface area (Å²) in [4.78, 5) is 3.67. The molecular weight excluding hydrogens is 484 g/mol. The van der Waals surface area contributed by atoms with Crippen LogP contribution in [0.1, 0.15) is 2.74 Å². The van der Waals surface area contributed by atoms with E-state index in [2.05, 4.69) is 101 Å². The van der Waals surface area contributed by atoms with Gasteiger partial charge in [-0.15, -0.1) is 0 Å². The first-order valence-corrected chi connectivity index (χ1v) is 13.6. The maximum atomic E-state index is 9.13. The van der Waals surface area contributed by atoms with Crippen molar-refractivity contribution in [3.63, 3.8) is 0 Å². The largest absolute Gasteiger partial charge is 0.354 e. The van der Waals surface area contributed by atoms with Gasteiger partial charge >= 0.3 is 0 Å². The molecule has 0 aliphatic rings. The quantitative estimate of drug-likeness (QED) is 0.239. The molecule has 0 saturated carbocycles. The topological polar surface area (TPSA) is 20.7 Å². The van der Waals surface area contributed by atoms with E-state index < -0.39 is 0 Å². The van der Waals surface area contributed by atoms with E-state index in [4.69, 9.17) is 2.74 Å². The lowest BCUT2D eigenvalue weighted by Gasteiger charge is -2.11. The van der Waals surface area contributed by atoms with E-state index in [1.807, 2.05) is 36.4 Å². The van der Waals surface area contributed by atoms with Gasteiger partial charge in [-0.1, -0.05) is 103 Å². The maximum Gasteiger partial charge on any atom is 0.0630 e. The molecule has 9 rings (SSSR count). The average molecular weight is 511 g/mol. The zero-order chi connectivity index (χ0) is 27.9. The highest BCUT2D eigenvalue weighted by Crippen LogP contribution is 2.39. The Kier molecular flexibility index (Phi) is 3.98. The highest BCUT2D eigenvalue weighted by molar-refractivity contribution is 6.24. The molecular formula is C38H24N2. The summed E-state index contributed by atoms with van der Waals surface area (Å²) in [7, 11) is 0. The number of para-hydroxylation sites is 1. The van der Waals surface area contributed by atoms with Gasteiger partial charge in [0.1, 0.15) is 0 Å². The number of fused-ring (bicyclic) bond motifs is 9. The third-order valence-electron chi connectivity index (χ3n) is 8.33. The zero-order valence-corrected chi connectivity index (χ0v) is 21.6. The first kappa shape index (κ1) is 19.7. The molecule has 0 bridgehead atoms. The molecule has 0 spiro atoms. The Balaban J connectivity index is 1.33. The Morgan fingerprint density at radius 3 is 2.05 bits per heavy atom. The van der Waals surface area contributed by atoms with Crippen molar-refractivity contribution in [1.29, 1.82) is 0 Å². The maximum absolute atomic E-state index is 9.13. The van der Waals surface area contributed by atoms with Crippen LogP contribution in [0, 0.1) is 0 Å². The molecule has 0 unspecified atom stereocenters. The van der Waals surface area contributed by atoms with Crippen LogP contribution in [0.25, 0.3) is 82.0 Å². The molecule has 2 heteroatoms. The van der Waals surface area contributed by atoms with Crippen LogP contribution >= 0.6 is 0 Å². The summed E-state index contributed by atoms with van der Waals surface area (Å²) in [5.41, 5.74) is 6.70. The van der Waals surface area contributed by atoms with Crippen LogP contribution in [-0.4, -0.2) is 9.55 Å². The van der Waals surface area contributed by atoms with Crippen LogP contribution in [-0.2, 0) is 0 Å². The number of nitrogens with one attached hydrogen (secondary N) is 1. The van der Waals surface area contributed by atoms with Crippen LogP contribution in [0.15, 0.2) is 139 Å². The minimum Gasteiger partial charge on any atom is -0.354 e. The Morgan fingerprint density at radius 1 is 0.500 bits per heavy atom. The van der Waals surface area contributed by atoms with Gasteiger partial charge in [-0.25, -0.2) is 0 Å². The van der Waals surface area contributed by atoms with Gasteiger partial charge in [0.05, 0.1) is 13.8 Å². The van der Waals surface area contributed by atoms with E-state index in [-0.39, 0.29) is 0 Å². The third-order valence-corrected chi connectivity index (χ3v) is 8.33. The molecule has 9 aromatic rings. The van der Waals surface area contributed by atoms with E-state index in [1.165, 1.54) is 21.5 Å². The van der Waals surface area contributed by atoms with Gasteiger partial charge in [0, 0.05) is 38.3 Å². The summed E-state index contributed by atoms with van der Waals surface area (Å²) in [6.45, 7) is 0. The van der Waals surface area contributed by atoms with E-state index in [1.54, 1.807) is 0 Å². The van der Waals surface area contributed by atoms with Gasteiger partial charge in [0.15, 0.2) is 0 Å². The van der Waals surface area contributed by atoms with Crippen LogP contribution in [0.2, 0.25) is 0 Å². The number of aromatic nitrogens is 2. The van der Waals surface area contributed by atoms with Gasteiger partial charge in [-0.3, -0.25) is 0 Å². The molecule has 0 saturated heterocycles. The normalized spacial score (nSPS) is 12.7. The molecule has 0 amide bonds. The van der Waals surface area contributed by atoms with Gasteiger partial charge in [0.25, 0.3) is 0 Å². The molecule has 7 aromatic carbocycles. The molecule has 186 valence electrons. The summed E-state index contributed by atoms with van der Waals surface area (Å²) in [6.07, 6.45) is 0. The van der Waals surface area contributed by atoms with Crippen LogP contribution in [0.3, 0.4) is 0 Å². The number of H-pyrrole nitrogens is 1. The Labute approximate surface area is 233 Å². The molecule has 0 atom stereocenters. The molecule has 0 aliphatic carbocycles. The predicted octanol–water partition coefficient (Wildman–Crippen LogP) is 10.4. The average Bonchev–Trinajstić information content (AvgIpc) is 3.54. The lowest BCUT2D eigenvalue weighted by atomic mass is 9.98. The molecule has 2 aromatic heterocycles. The number of benzene rings is 7. The molecule has 2 heterocycles. The second-order valence-corrected chi connectivity index (χ2v) is 10.5. The number of nitrogens with zero attached hydrogens (tertiary/aromatic N) is 1. The fourth-order valence-corrected chi connectivity index (χ4v) is 6.52. The Morgan fingerprint density at radius 2 is 1.20 bits per heavy atom. The third kappa shape index (κ3) is 2.99. The second kappa shape index (κ2) is 8.08. The summed E-state index contributed by atoms with van der Waals surface area (Å²) < 4.78 is 20.5. The van der Waals surface area contributed by atoms with Gasteiger partial charge in [0.2, 0.25) is 0 Å². The first-order valence-electron chi connectivity index (χ1n) is 14.6. The summed E-state index contributed by atoms with van der Waals surface area (Å²) in [5, 5.41) is 9.38. The number of hydrogen-bond acceptors (Lipinski definition) is 0. The predicted molar refractivity (Wildman–Crippen MR) is 171 cm³/mol. The van der Waals surface area contributed by atoms with E-state index in [9.17, 15) is 0 Å². The highest BCUT2D eigenvalue weighted by atomic mass is 15.0. The lowest BCUT2D eigenvalue weighted by Crippen LogP contribution is -1.94. The van der Waals surface area contributed by atoms with Crippen molar-refractivity contribution in [1.82, 2.24) is 9.55 Å². The first-order chi connectivity index (χ1) is 20.7.